The van der Waals surface area contributed by atoms with Crippen LogP contribution in [0.25, 0.3) is 0 Å². The van der Waals surface area contributed by atoms with Gasteiger partial charge >= 0.3 is 0 Å². The first-order chi connectivity index (χ1) is 8.61. The molecule has 0 aliphatic carbocycles. The van der Waals surface area contributed by atoms with Crippen molar-refractivity contribution in [2.75, 3.05) is 7.05 Å². The van der Waals surface area contributed by atoms with Crippen molar-refractivity contribution in [1.82, 2.24) is 5.32 Å². The molecule has 0 aliphatic rings. The van der Waals surface area contributed by atoms with E-state index in [1.807, 2.05) is 43.4 Å². The minimum absolute atomic E-state index is 0.133. The predicted molar refractivity (Wildman–Crippen MR) is 84.2 cm³/mol. The highest BCUT2D eigenvalue weighted by atomic mass is 79.9. The summed E-state index contributed by atoms with van der Waals surface area (Å²) in [6, 6.07) is 14.2. The van der Waals surface area contributed by atoms with Crippen LogP contribution in [0.15, 0.2) is 51.4 Å². The van der Waals surface area contributed by atoms with Gasteiger partial charge in [-0.1, -0.05) is 55.6 Å². The van der Waals surface area contributed by atoms with Gasteiger partial charge in [-0.15, -0.1) is 0 Å². The molecule has 1 unspecified atom stereocenters. The number of hydrogen-bond acceptors (Lipinski definition) is 1. The lowest BCUT2D eigenvalue weighted by atomic mass is 9.99. The van der Waals surface area contributed by atoms with Crippen molar-refractivity contribution in [3.63, 3.8) is 0 Å². The smallest absolute Gasteiger partial charge is 0.0585 e. The Morgan fingerprint density at radius 3 is 2.33 bits per heavy atom. The van der Waals surface area contributed by atoms with Gasteiger partial charge in [0.25, 0.3) is 0 Å². The summed E-state index contributed by atoms with van der Waals surface area (Å²) in [6.45, 7) is 0. The van der Waals surface area contributed by atoms with Crippen molar-refractivity contribution in [2.45, 2.75) is 6.04 Å². The third-order valence-electron chi connectivity index (χ3n) is 2.76. The lowest BCUT2D eigenvalue weighted by molar-refractivity contribution is 0.688. The molecule has 0 radical (unpaired) electrons. The maximum Gasteiger partial charge on any atom is 0.0585 e. The van der Waals surface area contributed by atoms with E-state index >= 15 is 0 Å². The molecular weight excluding hydrogens is 377 g/mol. The van der Waals surface area contributed by atoms with Crippen LogP contribution in [0.5, 0.6) is 0 Å². The molecule has 0 heterocycles. The first kappa shape index (κ1) is 14.1. The topological polar surface area (TPSA) is 12.0 Å². The maximum atomic E-state index is 5.92. The van der Waals surface area contributed by atoms with Gasteiger partial charge in [0.2, 0.25) is 0 Å². The second kappa shape index (κ2) is 6.20. The van der Waals surface area contributed by atoms with Crippen LogP contribution in [-0.4, -0.2) is 7.05 Å². The Morgan fingerprint density at radius 1 is 1.06 bits per heavy atom. The van der Waals surface area contributed by atoms with Crippen LogP contribution in [0.2, 0.25) is 5.02 Å². The highest BCUT2D eigenvalue weighted by Crippen LogP contribution is 2.31. The summed E-state index contributed by atoms with van der Waals surface area (Å²) in [5, 5.41) is 4.08. The van der Waals surface area contributed by atoms with Gasteiger partial charge in [0.15, 0.2) is 0 Å². The molecule has 0 saturated heterocycles. The van der Waals surface area contributed by atoms with Crippen LogP contribution in [0.4, 0.5) is 0 Å². The van der Waals surface area contributed by atoms with Gasteiger partial charge in [0.05, 0.1) is 6.04 Å². The standard InChI is InChI=1S/C14H12Br2ClN/c1-18-14(9-2-5-11(17)6-3-9)12-8-10(15)4-7-13(12)16/h2-8,14,18H,1H3. The van der Waals surface area contributed by atoms with E-state index in [1.165, 1.54) is 11.1 Å². The summed E-state index contributed by atoms with van der Waals surface area (Å²) in [6.07, 6.45) is 0. The molecule has 0 aromatic heterocycles. The van der Waals surface area contributed by atoms with E-state index in [9.17, 15) is 0 Å². The average Bonchev–Trinajstić information content (AvgIpc) is 2.37. The molecular formula is C14H12Br2ClN. The molecule has 1 N–H and O–H groups in total. The minimum atomic E-state index is 0.133. The average molecular weight is 390 g/mol. The van der Waals surface area contributed by atoms with Gasteiger partial charge in [-0.2, -0.15) is 0 Å². The molecule has 2 rings (SSSR count). The summed E-state index contributed by atoms with van der Waals surface area (Å²) in [4.78, 5) is 0. The van der Waals surface area contributed by atoms with Gasteiger partial charge < -0.3 is 5.32 Å². The first-order valence-corrected chi connectivity index (χ1v) is 7.46. The van der Waals surface area contributed by atoms with Crippen LogP contribution in [0.1, 0.15) is 17.2 Å². The van der Waals surface area contributed by atoms with Crippen molar-refractivity contribution < 1.29 is 0 Å². The van der Waals surface area contributed by atoms with Gasteiger partial charge in [-0.3, -0.25) is 0 Å². The second-order valence-electron chi connectivity index (χ2n) is 3.94. The molecule has 0 saturated carbocycles. The molecule has 2 aromatic rings. The van der Waals surface area contributed by atoms with E-state index in [-0.39, 0.29) is 6.04 Å². The maximum absolute atomic E-state index is 5.92. The number of benzene rings is 2. The monoisotopic (exact) mass is 387 g/mol. The zero-order chi connectivity index (χ0) is 13.1. The molecule has 4 heteroatoms. The Morgan fingerprint density at radius 2 is 1.72 bits per heavy atom. The summed E-state index contributed by atoms with van der Waals surface area (Å²) < 4.78 is 2.15. The van der Waals surface area contributed by atoms with Gasteiger partial charge in [-0.25, -0.2) is 0 Å². The Balaban J connectivity index is 2.44. The van der Waals surface area contributed by atoms with E-state index in [2.05, 4.69) is 43.2 Å². The SMILES string of the molecule is CNC(c1ccc(Cl)cc1)c1cc(Br)ccc1Br. The Labute approximate surface area is 129 Å². The van der Waals surface area contributed by atoms with Crippen molar-refractivity contribution in [3.05, 3.63) is 67.6 Å². The Kier molecular flexibility index (Phi) is 4.84. The highest BCUT2D eigenvalue weighted by molar-refractivity contribution is 9.11. The van der Waals surface area contributed by atoms with Crippen molar-refractivity contribution >= 4 is 43.5 Å². The van der Waals surface area contributed by atoms with Gasteiger partial charge in [0, 0.05) is 14.0 Å². The molecule has 1 atom stereocenters. The van der Waals surface area contributed by atoms with Gasteiger partial charge in [-0.05, 0) is 48.5 Å². The Bertz CT molecular complexity index is 540. The number of hydrogen-bond donors (Lipinski definition) is 1. The number of nitrogens with one attached hydrogen (secondary N) is 1. The van der Waals surface area contributed by atoms with Crippen LogP contribution >= 0.6 is 43.5 Å². The fourth-order valence-electron chi connectivity index (χ4n) is 1.89. The van der Waals surface area contributed by atoms with Crippen molar-refractivity contribution in [3.8, 4) is 0 Å². The molecule has 0 bridgehead atoms. The summed E-state index contributed by atoms with van der Waals surface area (Å²) >= 11 is 13.0. The van der Waals surface area contributed by atoms with Crippen LogP contribution < -0.4 is 5.32 Å². The largest absolute Gasteiger partial charge is 0.309 e. The predicted octanol–water partition coefficient (Wildman–Crippen LogP) is 5.17. The second-order valence-corrected chi connectivity index (χ2v) is 6.15. The van der Waals surface area contributed by atoms with E-state index in [1.54, 1.807) is 0 Å². The third-order valence-corrected chi connectivity index (χ3v) is 4.23. The highest BCUT2D eigenvalue weighted by Gasteiger charge is 2.15. The van der Waals surface area contributed by atoms with E-state index in [0.717, 1.165) is 14.0 Å². The molecule has 94 valence electrons. The minimum Gasteiger partial charge on any atom is -0.309 e. The fraction of sp³-hybridized carbons (Fsp3) is 0.143. The number of halogens is 3. The lowest BCUT2D eigenvalue weighted by Crippen LogP contribution is -2.18. The zero-order valence-electron chi connectivity index (χ0n) is 9.75. The van der Waals surface area contributed by atoms with Crippen molar-refractivity contribution in [2.24, 2.45) is 0 Å². The Hall–Kier alpha value is -0.350. The van der Waals surface area contributed by atoms with Gasteiger partial charge in [0.1, 0.15) is 0 Å². The molecule has 0 spiro atoms. The van der Waals surface area contributed by atoms with Crippen LogP contribution in [0.3, 0.4) is 0 Å². The van der Waals surface area contributed by atoms with Crippen LogP contribution in [-0.2, 0) is 0 Å². The molecule has 0 amide bonds. The molecule has 0 aliphatic heterocycles. The van der Waals surface area contributed by atoms with Crippen LogP contribution in [0, 0.1) is 0 Å². The lowest BCUT2D eigenvalue weighted by Gasteiger charge is -2.19. The normalized spacial score (nSPS) is 12.4. The quantitative estimate of drug-likeness (QED) is 0.763. The molecule has 2 aromatic carbocycles. The molecule has 1 nitrogen and oxygen atoms in total. The van der Waals surface area contributed by atoms with E-state index in [4.69, 9.17) is 11.6 Å². The van der Waals surface area contributed by atoms with Crippen molar-refractivity contribution in [1.29, 1.82) is 0 Å². The molecule has 0 fully saturated rings. The zero-order valence-corrected chi connectivity index (χ0v) is 13.7. The molecule has 18 heavy (non-hydrogen) atoms. The first-order valence-electron chi connectivity index (χ1n) is 5.49. The van der Waals surface area contributed by atoms with E-state index < -0.39 is 0 Å². The summed E-state index contributed by atoms with van der Waals surface area (Å²) in [5.74, 6) is 0. The van der Waals surface area contributed by atoms with E-state index in [0.29, 0.717) is 0 Å². The summed E-state index contributed by atoms with van der Waals surface area (Å²) in [5.41, 5.74) is 2.37. The third kappa shape index (κ3) is 3.15. The number of rotatable bonds is 3. The fourth-order valence-corrected chi connectivity index (χ4v) is 2.87. The summed E-state index contributed by atoms with van der Waals surface area (Å²) in [7, 11) is 1.95.